The second-order valence-electron chi connectivity index (χ2n) is 9.55. The van der Waals surface area contributed by atoms with E-state index in [2.05, 4.69) is 133 Å². The van der Waals surface area contributed by atoms with Crippen LogP contribution in [0.15, 0.2) is 103 Å². The van der Waals surface area contributed by atoms with Gasteiger partial charge in [0.2, 0.25) is 0 Å². The van der Waals surface area contributed by atoms with Crippen LogP contribution in [0.2, 0.25) is 0 Å². The monoisotopic (exact) mass is 454 g/mol. The van der Waals surface area contributed by atoms with Gasteiger partial charge in [-0.25, -0.2) is 0 Å². The Morgan fingerprint density at radius 3 is 2.57 bits per heavy atom. The number of nitrogens with zero attached hydrogens (tertiary/aromatic N) is 1. The van der Waals surface area contributed by atoms with Gasteiger partial charge in [-0.05, 0) is 73.2 Å². The molecule has 0 bridgehead atoms. The Labute approximate surface area is 207 Å². The summed E-state index contributed by atoms with van der Waals surface area (Å²) in [7, 11) is 0. The number of benzene rings is 3. The number of para-hydroxylation sites is 2. The molecule has 35 heavy (non-hydrogen) atoms. The molecule has 0 saturated heterocycles. The summed E-state index contributed by atoms with van der Waals surface area (Å²) in [4.78, 5) is 0. The summed E-state index contributed by atoms with van der Waals surface area (Å²) < 4.78 is 2.38. The average Bonchev–Trinajstić information content (AvgIpc) is 3.00. The Morgan fingerprint density at radius 1 is 0.829 bits per heavy atom. The van der Waals surface area contributed by atoms with Gasteiger partial charge in [0.1, 0.15) is 0 Å². The lowest BCUT2D eigenvalue weighted by Gasteiger charge is -2.24. The van der Waals surface area contributed by atoms with E-state index in [4.69, 9.17) is 0 Å². The average molecular weight is 455 g/mol. The van der Waals surface area contributed by atoms with Crippen molar-refractivity contribution in [3.05, 3.63) is 119 Å². The normalized spacial score (nSPS) is 17.0. The third-order valence-electron chi connectivity index (χ3n) is 7.16. The first-order valence-corrected chi connectivity index (χ1v) is 12.5. The zero-order valence-electron chi connectivity index (χ0n) is 20.3. The van der Waals surface area contributed by atoms with Crippen molar-refractivity contribution in [2.45, 2.75) is 26.7 Å². The quantitative estimate of drug-likeness (QED) is 0.325. The van der Waals surface area contributed by atoms with E-state index in [1.54, 1.807) is 0 Å². The van der Waals surface area contributed by atoms with Crippen molar-refractivity contribution >= 4 is 40.0 Å². The number of anilines is 2. The Balaban J connectivity index is 1.44. The topological polar surface area (TPSA) is 17.0 Å². The van der Waals surface area contributed by atoms with Crippen molar-refractivity contribution in [2.24, 2.45) is 5.92 Å². The molecule has 4 aromatic rings. The van der Waals surface area contributed by atoms with E-state index in [9.17, 15) is 0 Å². The third-order valence-corrected chi connectivity index (χ3v) is 7.16. The maximum Gasteiger partial charge on any atom is 0.0541 e. The van der Waals surface area contributed by atoms with Gasteiger partial charge in [0.15, 0.2) is 0 Å². The van der Waals surface area contributed by atoms with Crippen molar-refractivity contribution in [3.63, 3.8) is 0 Å². The lowest BCUT2D eigenvalue weighted by molar-refractivity contribution is 0.752. The van der Waals surface area contributed by atoms with Gasteiger partial charge in [-0.15, -0.1) is 0 Å². The van der Waals surface area contributed by atoms with Gasteiger partial charge >= 0.3 is 0 Å². The second kappa shape index (κ2) is 8.96. The molecule has 0 amide bonds. The first kappa shape index (κ1) is 21.5. The summed E-state index contributed by atoms with van der Waals surface area (Å²) in [6.07, 6.45) is 15.6. The number of hydrogen-bond acceptors (Lipinski definition) is 1. The molecule has 2 aliphatic rings. The Morgan fingerprint density at radius 2 is 1.66 bits per heavy atom. The molecule has 1 atom stereocenters. The summed E-state index contributed by atoms with van der Waals surface area (Å²) in [5, 5.41) is 5.04. The van der Waals surface area contributed by atoms with Crippen LogP contribution >= 0.6 is 0 Å². The molecule has 3 aromatic carbocycles. The van der Waals surface area contributed by atoms with E-state index >= 15 is 0 Å². The smallest absolute Gasteiger partial charge is 0.0541 e. The molecular weight excluding hydrogens is 424 g/mol. The number of aromatic nitrogens is 1. The summed E-state index contributed by atoms with van der Waals surface area (Å²) in [5.41, 5.74) is 11.2. The third kappa shape index (κ3) is 3.85. The highest BCUT2D eigenvalue weighted by Gasteiger charge is 2.19. The number of rotatable bonds is 4. The largest absolute Gasteiger partial charge is 0.355 e. The summed E-state index contributed by atoms with van der Waals surface area (Å²) in [6.45, 7) is 4.55. The van der Waals surface area contributed by atoms with Crippen molar-refractivity contribution in [3.8, 4) is 5.69 Å². The molecule has 6 rings (SSSR count). The second-order valence-corrected chi connectivity index (χ2v) is 9.55. The fourth-order valence-corrected chi connectivity index (χ4v) is 5.57. The molecular formula is C33H30N2. The van der Waals surface area contributed by atoms with E-state index in [1.807, 2.05) is 0 Å². The highest BCUT2D eigenvalue weighted by Crippen LogP contribution is 2.38. The molecule has 1 heterocycles. The van der Waals surface area contributed by atoms with E-state index in [-0.39, 0.29) is 0 Å². The predicted molar refractivity (Wildman–Crippen MR) is 151 cm³/mol. The molecule has 0 radical (unpaired) electrons. The van der Waals surface area contributed by atoms with Gasteiger partial charge in [-0.2, -0.15) is 0 Å². The first-order chi connectivity index (χ1) is 17.2. The van der Waals surface area contributed by atoms with E-state index in [0.717, 1.165) is 29.9 Å². The number of hydrogen-bond donors (Lipinski definition) is 1. The van der Waals surface area contributed by atoms with Gasteiger partial charge in [-0.1, -0.05) is 79.8 Å². The zero-order chi connectivity index (χ0) is 23.8. The van der Waals surface area contributed by atoms with Crippen LogP contribution in [0.1, 0.15) is 43.5 Å². The molecule has 1 N–H and O–H groups in total. The van der Waals surface area contributed by atoms with Crippen molar-refractivity contribution in [1.29, 1.82) is 0 Å². The molecule has 1 aromatic heterocycles. The zero-order valence-corrected chi connectivity index (χ0v) is 20.3. The molecule has 0 aliphatic heterocycles. The van der Waals surface area contributed by atoms with Crippen molar-refractivity contribution in [1.82, 2.24) is 4.57 Å². The van der Waals surface area contributed by atoms with Crippen LogP contribution < -0.4 is 5.32 Å². The van der Waals surface area contributed by atoms with Crippen LogP contribution in [0, 0.1) is 5.92 Å². The highest BCUT2D eigenvalue weighted by molar-refractivity contribution is 5.96. The minimum absolute atomic E-state index is 0.510. The van der Waals surface area contributed by atoms with E-state index < -0.39 is 0 Å². The lowest BCUT2D eigenvalue weighted by Crippen LogP contribution is -2.06. The fourth-order valence-electron chi connectivity index (χ4n) is 5.57. The molecule has 0 saturated carbocycles. The highest BCUT2D eigenvalue weighted by atomic mass is 15.0. The minimum atomic E-state index is 0.510. The Kier molecular flexibility index (Phi) is 5.50. The molecule has 2 aliphatic carbocycles. The predicted octanol–water partition coefficient (Wildman–Crippen LogP) is 9.17. The van der Waals surface area contributed by atoms with Crippen LogP contribution in [-0.2, 0) is 0 Å². The number of fused-ring (bicyclic) bond motifs is 3. The molecule has 172 valence electrons. The molecule has 2 nitrogen and oxygen atoms in total. The molecule has 0 spiro atoms. The maximum absolute atomic E-state index is 3.75. The first-order valence-electron chi connectivity index (χ1n) is 12.5. The molecule has 1 unspecified atom stereocenters. The van der Waals surface area contributed by atoms with Crippen LogP contribution in [0.5, 0.6) is 0 Å². The molecule has 2 heteroatoms. The van der Waals surface area contributed by atoms with Crippen LogP contribution in [-0.4, -0.2) is 4.57 Å². The maximum atomic E-state index is 3.75. The van der Waals surface area contributed by atoms with Crippen LogP contribution in [0.25, 0.3) is 34.3 Å². The van der Waals surface area contributed by atoms with Crippen LogP contribution in [0.4, 0.5) is 11.4 Å². The Hall–Kier alpha value is -4.04. The minimum Gasteiger partial charge on any atom is -0.355 e. The van der Waals surface area contributed by atoms with Gasteiger partial charge in [0.25, 0.3) is 0 Å². The van der Waals surface area contributed by atoms with E-state index in [1.165, 1.54) is 38.9 Å². The SMILES string of the molecule is CC1=C(c2ccccc2Nc2cccc(-n3c4c(c5ccccc53)C=CCC=C4)c2)C(C)CC=C1. The van der Waals surface area contributed by atoms with Gasteiger partial charge < -0.3 is 9.88 Å². The van der Waals surface area contributed by atoms with E-state index in [0.29, 0.717) is 5.92 Å². The summed E-state index contributed by atoms with van der Waals surface area (Å²) >= 11 is 0. The van der Waals surface area contributed by atoms with Gasteiger partial charge in [0.05, 0.1) is 11.2 Å². The van der Waals surface area contributed by atoms with Crippen molar-refractivity contribution in [2.75, 3.05) is 5.32 Å². The summed E-state index contributed by atoms with van der Waals surface area (Å²) in [5.74, 6) is 0.510. The number of allylic oxidation sites excluding steroid dienone is 6. The van der Waals surface area contributed by atoms with Crippen molar-refractivity contribution < 1.29 is 0 Å². The van der Waals surface area contributed by atoms with Crippen LogP contribution in [0.3, 0.4) is 0 Å². The standard InChI is InChI=1S/C33H30N2/c1-23-12-10-13-24(2)33(23)29-18-6-8-19-30(29)34-25-14-11-15-26(22-25)35-31-20-5-3-4-16-27(31)28-17-7-9-21-32(28)35/h4-12,14-22,24,34H,3,13H2,1-2H3. The van der Waals surface area contributed by atoms with Gasteiger partial charge in [-0.3, -0.25) is 0 Å². The lowest BCUT2D eigenvalue weighted by atomic mass is 9.83. The Bertz CT molecular complexity index is 1540. The fraction of sp³-hybridized carbons (Fsp3) is 0.152. The molecule has 0 fully saturated rings. The van der Waals surface area contributed by atoms with Gasteiger partial charge in [0, 0.05) is 33.6 Å². The number of nitrogens with one attached hydrogen (secondary N) is 1. The summed E-state index contributed by atoms with van der Waals surface area (Å²) in [6, 6.07) is 26.2.